The van der Waals surface area contributed by atoms with Crippen LogP contribution in [0.4, 0.5) is 5.82 Å². The number of nitrogens with one attached hydrogen (secondary N) is 2. The van der Waals surface area contributed by atoms with E-state index in [4.69, 9.17) is 4.74 Å². The second kappa shape index (κ2) is 7.51. The van der Waals surface area contributed by atoms with Gasteiger partial charge in [0.2, 0.25) is 0 Å². The van der Waals surface area contributed by atoms with Crippen LogP contribution >= 0.6 is 11.3 Å². The third-order valence-electron chi connectivity index (χ3n) is 3.12. The zero-order valence-corrected chi connectivity index (χ0v) is 14.2. The van der Waals surface area contributed by atoms with E-state index < -0.39 is 0 Å². The van der Waals surface area contributed by atoms with E-state index in [0.29, 0.717) is 18.0 Å². The van der Waals surface area contributed by atoms with E-state index in [1.165, 1.54) is 17.7 Å². The Kier molecular flexibility index (Phi) is 5.68. The Morgan fingerprint density at radius 2 is 2.18 bits per heavy atom. The van der Waals surface area contributed by atoms with Gasteiger partial charge in [-0.3, -0.25) is 4.79 Å². The summed E-state index contributed by atoms with van der Waals surface area (Å²) in [6.45, 7) is 9.67. The molecular weight excluding hydrogens is 300 g/mol. The molecule has 22 heavy (non-hydrogen) atoms. The number of carbonyl (C=O) groups excluding carboxylic acids is 1. The van der Waals surface area contributed by atoms with E-state index in [9.17, 15) is 4.79 Å². The highest BCUT2D eigenvalue weighted by atomic mass is 32.1. The standard InChI is InChI=1S/C15H22N4O2S/c1-5-16-13-11-10(4)12(22-15(11)19-8-18-13)14(20)17-6-7-21-9(2)3/h8-9H,5-7H2,1-4H3,(H,17,20)(H,16,18,19). The van der Waals surface area contributed by atoms with Crippen molar-refractivity contribution in [1.82, 2.24) is 15.3 Å². The molecule has 0 aliphatic carbocycles. The molecule has 0 aliphatic heterocycles. The van der Waals surface area contributed by atoms with E-state index in [1.807, 2.05) is 27.7 Å². The van der Waals surface area contributed by atoms with Gasteiger partial charge in [-0.15, -0.1) is 11.3 Å². The summed E-state index contributed by atoms with van der Waals surface area (Å²) in [4.78, 5) is 22.4. The van der Waals surface area contributed by atoms with Crippen molar-refractivity contribution in [2.24, 2.45) is 0 Å². The topological polar surface area (TPSA) is 76.1 Å². The van der Waals surface area contributed by atoms with Gasteiger partial charge >= 0.3 is 0 Å². The van der Waals surface area contributed by atoms with E-state index in [0.717, 1.165) is 28.1 Å². The van der Waals surface area contributed by atoms with Crippen LogP contribution < -0.4 is 10.6 Å². The van der Waals surface area contributed by atoms with Crippen molar-refractivity contribution in [1.29, 1.82) is 0 Å². The molecule has 6 nitrogen and oxygen atoms in total. The average molecular weight is 322 g/mol. The van der Waals surface area contributed by atoms with Gasteiger partial charge < -0.3 is 15.4 Å². The monoisotopic (exact) mass is 322 g/mol. The van der Waals surface area contributed by atoms with Crippen LogP contribution in [0.3, 0.4) is 0 Å². The SMILES string of the molecule is CCNc1ncnc2sc(C(=O)NCCOC(C)C)c(C)c12. The van der Waals surface area contributed by atoms with Crippen LogP contribution in [0.5, 0.6) is 0 Å². The smallest absolute Gasteiger partial charge is 0.261 e. The van der Waals surface area contributed by atoms with Crippen molar-refractivity contribution in [3.05, 3.63) is 16.8 Å². The Morgan fingerprint density at radius 3 is 2.86 bits per heavy atom. The number of hydrogen-bond donors (Lipinski definition) is 2. The first-order valence-electron chi connectivity index (χ1n) is 7.42. The minimum Gasteiger partial charge on any atom is -0.377 e. The summed E-state index contributed by atoms with van der Waals surface area (Å²) >= 11 is 1.39. The van der Waals surface area contributed by atoms with Gasteiger partial charge in [-0.25, -0.2) is 9.97 Å². The summed E-state index contributed by atoms with van der Waals surface area (Å²) in [5.74, 6) is 0.693. The summed E-state index contributed by atoms with van der Waals surface area (Å²) in [6.07, 6.45) is 1.69. The summed E-state index contributed by atoms with van der Waals surface area (Å²) in [5.41, 5.74) is 0.916. The summed E-state index contributed by atoms with van der Waals surface area (Å²) in [6, 6.07) is 0. The van der Waals surface area contributed by atoms with Crippen LogP contribution in [-0.2, 0) is 4.74 Å². The average Bonchev–Trinajstić information content (AvgIpc) is 2.82. The molecule has 0 aromatic carbocycles. The maximum Gasteiger partial charge on any atom is 0.261 e. The lowest BCUT2D eigenvalue weighted by Crippen LogP contribution is -2.27. The molecule has 0 radical (unpaired) electrons. The predicted molar refractivity (Wildman–Crippen MR) is 89.7 cm³/mol. The van der Waals surface area contributed by atoms with Gasteiger partial charge in [-0.2, -0.15) is 0 Å². The normalized spacial score (nSPS) is 11.1. The van der Waals surface area contributed by atoms with Crippen LogP contribution in [0.2, 0.25) is 0 Å². The minimum absolute atomic E-state index is 0.0877. The minimum atomic E-state index is -0.0877. The molecule has 2 N–H and O–H groups in total. The zero-order chi connectivity index (χ0) is 16.1. The molecule has 0 bridgehead atoms. The largest absolute Gasteiger partial charge is 0.377 e. The molecule has 2 rings (SSSR count). The number of ether oxygens (including phenoxy) is 1. The molecule has 0 spiro atoms. The third-order valence-corrected chi connectivity index (χ3v) is 4.31. The predicted octanol–water partition coefficient (Wildman–Crippen LogP) is 2.59. The fraction of sp³-hybridized carbons (Fsp3) is 0.533. The third kappa shape index (κ3) is 3.72. The number of aryl methyl sites for hydroxylation is 1. The number of aromatic nitrogens is 2. The lowest BCUT2D eigenvalue weighted by Gasteiger charge is -2.08. The summed E-state index contributed by atoms with van der Waals surface area (Å²) in [5, 5.41) is 7.03. The van der Waals surface area contributed by atoms with Crippen LogP contribution in [0, 0.1) is 6.92 Å². The Hall–Kier alpha value is -1.73. The van der Waals surface area contributed by atoms with Crippen molar-refractivity contribution in [2.75, 3.05) is 25.0 Å². The number of fused-ring (bicyclic) bond motifs is 1. The summed E-state index contributed by atoms with van der Waals surface area (Å²) < 4.78 is 5.42. The van der Waals surface area contributed by atoms with Crippen LogP contribution in [-0.4, -0.2) is 41.7 Å². The van der Waals surface area contributed by atoms with E-state index in [2.05, 4.69) is 20.6 Å². The Morgan fingerprint density at radius 1 is 1.41 bits per heavy atom. The molecule has 0 saturated carbocycles. The molecule has 7 heteroatoms. The first-order chi connectivity index (χ1) is 10.5. The number of carbonyl (C=O) groups is 1. The van der Waals surface area contributed by atoms with Crippen molar-refractivity contribution < 1.29 is 9.53 Å². The highest BCUT2D eigenvalue weighted by Gasteiger charge is 2.18. The highest BCUT2D eigenvalue weighted by Crippen LogP contribution is 2.32. The Bertz CT molecular complexity index is 654. The Balaban J connectivity index is 2.16. The van der Waals surface area contributed by atoms with Crippen LogP contribution in [0.25, 0.3) is 10.2 Å². The van der Waals surface area contributed by atoms with Crippen LogP contribution in [0.1, 0.15) is 36.0 Å². The fourth-order valence-corrected chi connectivity index (χ4v) is 3.19. The number of thiophene rings is 1. The molecule has 2 heterocycles. The molecule has 120 valence electrons. The van der Waals surface area contributed by atoms with Gasteiger partial charge in [0.1, 0.15) is 17.0 Å². The molecular formula is C15H22N4O2S. The number of hydrogen-bond acceptors (Lipinski definition) is 6. The summed E-state index contributed by atoms with van der Waals surface area (Å²) in [7, 11) is 0. The maximum absolute atomic E-state index is 12.3. The van der Waals surface area contributed by atoms with E-state index in [-0.39, 0.29) is 12.0 Å². The number of anilines is 1. The van der Waals surface area contributed by atoms with Gasteiger partial charge in [0.05, 0.1) is 23.0 Å². The lowest BCUT2D eigenvalue weighted by molar-refractivity contribution is 0.0748. The van der Waals surface area contributed by atoms with Gasteiger partial charge in [0.25, 0.3) is 5.91 Å². The zero-order valence-electron chi connectivity index (χ0n) is 13.4. The molecule has 0 fully saturated rings. The second-order valence-corrected chi connectivity index (χ2v) is 6.16. The maximum atomic E-state index is 12.3. The number of amides is 1. The Labute approximate surface area is 134 Å². The van der Waals surface area contributed by atoms with Crippen molar-refractivity contribution in [3.8, 4) is 0 Å². The van der Waals surface area contributed by atoms with E-state index in [1.54, 1.807) is 0 Å². The quantitative estimate of drug-likeness (QED) is 0.766. The van der Waals surface area contributed by atoms with Gasteiger partial charge in [0, 0.05) is 13.1 Å². The highest BCUT2D eigenvalue weighted by molar-refractivity contribution is 7.20. The van der Waals surface area contributed by atoms with Crippen molar-refractivity contribution in [2.45, 2.75) is 33.8 Å². The molecule has 0 unspecified atom stereocenters. The first-order valence-corrected chi connectivity index (χ1v) is 8.24. The molecule has 2 aromatic rings. The molecule has 0 saturated heterocycles. The molecule has 0 atom stereocenters. The molecule has 1 amide bonds. The van der Waals surface area contributed by atoms with Gasteiger partial charge in [-0.1, -0.05) is 0 Å². The second-order valence-electron chi connectivity index (χ2n) is 5.16. The number of rotatable bonds is 7. The first kappa shape index (κ1) is 16.6. The molecule has 0 aliphatic rings. The van der Waals surface area contributed by atoms with Gasteiger partial charge in [-0.05, 0) is 33.3 Å². The lowest BCUT2D eigenvalue weighted by atomic mass is 10.2. The van der Waals surface area contributed by atoms with Crippen LogP contribution in [0.15, 0.2) is 6.33 Å². The fourth-order valence-electron chi connectivity index (χ4n) is 2.13. The van der Waals surface area contributed by atoms with Crippen molar-refractivity contribution in [3.63, 3.8) is 0 Å². The molecule has 2 aromatic heterocycles. The number of nitrogens with zero attached hydrogens (tertiary/aromatic N) is 2. The van der Waals surface area contributed by atoms with Gasteiger partial charge in [0.15, 0.2) is 0 Å². The van der Waals surface area contributed by atoms with E-state index >= 15 is 0 Å². The van der Waals surface area contributed by atoms with Crippen molar-refractivity contribution >= 4 is 33.3 Å².